The first-order valence-corrected chi connectivity index (χ1v) is 8.70. The lowest BCUT2D eigenvalue weighted by molar-refractivity contribution is -0.136. The third-order valence-corrected chi connectivity index (χ3v) is 4.24. The topological polar surface area (TPSA) is 122 Å². The number of aromatic hydroxyl groups is 2. The monoisotopic (exact) mass is 388 g/mol. The van der Waals surface area contributed by atoms with Crippen LogP contribution in [0.4, 0.5) is 11.4 Å². The molecule has 0 aliphatic carbocycles. The van der Waals surface area contributed by atoms with E-state index in [-0.39, 0.29) is 37.7 Å². The third-order valence-electron chi connectivity index (χ3n) is 4.24. The second kappa shape index (κ2) is 8.98. The molecule has 0 bridgehead atoms. The van der Waals surface area contributed by atoms with E-state index in [0.717, 1.165) is 11.1 Å². The van der Waals surface area contributed by atoms with Crippen LogP contribution in [0.1, 0.15) is 11.1 Å². The van der Waals surface area contributed by atoms with E-state index in [4.69, 9.17) is 0 Å². The Morgan fingerprint density at radius 1 is 0.750 bits per heavy atom. The average Bonchev–Trinajstić information content (AvgIpc) is 2.57. The van der Waals surface area contributed by atoms with E-state index < -0.39 is 11.9 Å². The molecule has 0 saturated heterocycles. The highest BCUT2D eigenvalue weighted by molar-refractivity contribution is 5.76. The van der Waals surface area contributed by atoms with E-state index in [1.165, 1.54) is 21.9 Å². The van der Waals surface area contributed by atoms with Gasteiger partial charge in [-0.05, 0) is 49.2 Å². The van der Waals surface area contributed by atoms with E-state index in [2.05, 4.69) is 0 Å². The SMILES string of the molecule is Cc1ccc(N(CCN(CC(=O)O)c2ccc(C)cc2O)CC(=O)O)c(O)c1. The van der Waals surface area contributed by atoms with Gasteiger partial charge < -0.3 is 30.2 Å². The zero-order valence-electron chi connectivity index (χ0n) is 15.8. The van der Waals surface area contributed by atoms with Crippen LogP contribution in [0.2, 0.25) is 0 Å². The van der Waals surface area contributed by atoms with E-state index in [1.807, 2.05) is 0 Å². The fourth-order valence-corrected chi connectivity index (χ4v) is 2.94. The maximum absolute atomic E-state index is 11.3. The lowest BCUT2D eigenvalue weighted by Crippen LogP contribution is -2.40. The first-order valence-electron chi connectivity index (χ1n) is 8.70. The first-order chi connectivity index (χ1) is 13.2. The molecule has 0 aliphatic rings. The van der Waals surface area contributed by atoms with Crippen molar-refractivity contribution in [3.63, 3.8) is 0 Å². The zero-order chi connectivity index (χ0) is 20.8. The van der Waals surface area contributed by atoms with Gasteiger partial charge >= 0.3 is 11.9 Å². The molecule has 0 aromatic heterocycles. The number of nitrogens with zero attached hydrogens (tertiary/aromatic N) is 2. The van der Waals surface area contributed by atoms with Gasteiger partial charge in [-0.15, -0.1) is 0 Å². The second-order valence-corrected chi connectivity index (χ2v) is 6.61. The van der Waals surface area contributed by atoms with Crippen molar-refractivity contribution < 1.29 is 30.0 Å². The van der Waals surface area contributed by atoms with Crippen LogP contribution in [0.15, 0.2) is 36.4 Å². The van der Waals surface area contributed by atoms with Gasteiger partial charge in [-0.2, -0.15) is 0 Å². The fourth-order valence-electron chi connectivity index (χ4n) is 2.94. The minimum absolute atomic E-state index is 0.0517. The Labute approximate surface area is 162 Å². The number of hydrogen-bond acceptors (Lipinski definition) is 6. The van der Waals surface area contributed by atoms with Gasteiger partial charge in [0.05, 0.1) is 11.4 Å². The van der Waals surface area contributed by atoms with Gasteiger partial charge in [-0.1, -0.05) is 12.1 Å². The highest BCUT2D eigenvalue weighted by Crippen LogP contribution is 2.30. The number of phenols is 2. The van der Waals surface area contributed by atoms with Gasteiger partial charge in [0.2, 0.25) is 0 Å². The van der Waals surface area contributed by atoms with Gasteiger partial charge in [0.15, 0.2) is 0 Å². The number of hydrogen-bond donors (Lipinski definition) is 4. The molecule has 2 rings (SSSR count). The summed E-state index contributed by atoms with van der Waals surface area (Å²) < 4.78 is 0. The van der Waals surface area contributed by atoms with Crippen LogP contribution in [0, 0.1) is 13.8 Å². The molecule has 8 nitrogen and oxygen atoms in total. The van der Waals surface area contributed by atoms with Gasteiger partial charge in [-0.25, -0.2) is 0 Å². The summed E-state index contributed by atoms with van der Waals surface area (Å²) >= 11 is 0. The Morgan fingerprint density at radius 2 is 1.11 bits per heavy atom. The molecule has 28 heavy (non-hydrogen) atoms. The first kappa shape index (κ1) is 20.9. The Bertz CT molecular complexity index is 796. The van der Waals surface area contributed by atoms with E-state index in [9.17, 15) is 30.0 Å². The molecule has 0 saturated carbocycles. The normalized spacial score (nSPS) is 10.5. The van der Waals surface area contributed by atoms with Crippen molar-refractivity contribution in [2.75, 3.05) is 36.0 Å². The largest absolute Gasteiger partial charge is 0.506 e. The van der Waals surface area contributed by atoms with Crippen LogP contribution in [0.25, 0.3) is 0 Å². The molecule has 0 fully saturated rings. The van der Waals surface area contributed by atoms with Gasteiger partial charge in [0.25, 0.3) is 0 Å². The number of carboxylic acids is 2. The molecule has 0 aliphatic heterocycles. The van der Waals surface area contributed by atoms with Crippen molar-refractivity contribution in [2.45, 2.75) is 13.8 Å². The van der Waals surface area contributed by atoms with Gasteiger partial charge in [-0.3, -0.25) is 9.59 Å². The van der Waals surface area contributed by atoms with Crippen molar-refractivity contribution in [3.8, 4) is 11.5 Å². The van der Waals surface area contributed by atoms with Crippen LogP contribution < -0.4 is 9.80 Å². The van der Waals surface area contributed by atoms with Crippen LogP contribution >= 0.6 is 0 Å². The summed E-state index contributed by atoms with van der Waals surface area (Å²) in [4.78, 5) is 25.5. The number of phenolic OH excluding ortho intramolecular Hbond substituents is 2. The molecule has 2 aromatic carbocycles. The van der Waals surface area contributed by atoms with E-state index in [0.29, 0.717) is 11.4 Å². The molecule has 0 amide bonds. The molecule has 4 N–H and O–H groups in total. The molecule has 0 radical (unpaired) electrons. The maximum Gasteiger partial charge on any atom is 0.323 e. The Morgan fingerprint density at radius 3 is 1.39 bits per heavy atom. The molecule has 0 heterocycles. The molecule has 2 aromatic rings. The van der Waals surface area contributed by atoms with Gasteiger partial charge in [0.1, 0.15) is 24.6 Å². The number of rotatable bonds is 9. The molecule has 0 unspecified atom stereocenters. The Kier molecular flexibility index (Phi) is 6.70. The number of aryl methyl sites for hydroxylation is 2. The van der Waals surface area contributed by atoms with Gasteiger partial charge in [0, 0.05) is 13.1 Å². The summed E-state index contributed by atoms with van der Waals surface area (Å²) in [5.74, 6) is -2.26. The minimum atomic E-state index is -1.08. The molecule has 150 valence electrons. The molecule has 8 heteroatoms. The van der Waals surface area contributed by atoms with E-state index >= 15 is 0 Å². The number of benzene rings is 2. The lowest BCUT2D eigenvalue weighted by atomic mass is 10.1. The van der Waals surface area contributed by atoms with Crippen molar-refractivity contribution in [3.05, 3.63) is 47.5 Å². The number of aliphatic carboxylic acids is 2. The smallest absolute Gasteiger partial charge is 0.323 e. The van der Waals surface area contributed by atoms with Crippen LogP contribution in [0.3, 0.4) is 0 Å². The quantitative estimate of drug-likeness (QED) is 0.516. The van der Waals surface area contributed by atoms with Crippen molar-refractivity contribution >= 4 is 23.3 Å². The zero-order valence-corrected chi connectivity index (χ0v) is 15.8. The highest BCUT2D eigenvalue weighted by atomic mass is 16.4. The molecule has 0 spiro atoms. The van der Waals surface area contributed by atoms with Crippen molar-refractivity contribution in [1.82, 2.24) is 0 Å². The average molecular weight is 388 g/mol. The van der Waals surface area contributed by atoms with E-state index in [1.54, 1.807) is 38.1 Å². The number of anilines is 2. The van der Waals surface area contributed by atoms with Crippen LogP contribution in [0.5, 0.6) is 11.5 Å². The fraction of sp³-hybridized carbons (Fsp3) is 0.300. The molecular formula is C20H24N2O6. The maximum atomic E-state index is 11.3. The predicted octanol–water partition coefficient (Wildman–Crippen LogP) is 2.20. The summed E-state index contributed by atoms with van der Waals surface area (Å²) in [7, 11) is 0. The van der Waals surface area contributed by atoms with Crippen molar-refractivity contribution in [2.24, 2.45) is 0 Å². The van der Waals surface area contributed by atoms with Crippen LogP contribution in [-0.2, 0) is 9.59 Å². The number of carboxylic acid groups (broad SMARTS) is 2. The number of carbonyl (C=O) groups is 2. The lowest BCUT2D eigenvalue weighted by Gasteiger charge is -2.29. The Balaban J connectivity index is 2.27. The summed E-state index contributed by atoms with van der Waals surface area (Å²) in [6.07, 6.45) is 0. The summed E-state index contributed by atoms with van der Waals surface area (Å²) in [6, 6.07) is 9.82. The third kappa shape index (κ3) is 5.54. The Hall–Kier alpha value is -3.42. The summed E-state index contributed by atoms with van der Waals surface area (Å²) in [6.45, 7) is 3.14. The molecular weight excluding hydrogens is 364 g/mol. The summed E-state index contributed by atoms with van der Waals surface area (Å²) in [5, 5.41) is 38.8. The predicted molar refractivity (Wildman–Crippen MR) is 105 cm³/mol. The minimum Gasteiger partial charge on any atom is -0.506 e. The van der Waals surface area contributed by atoms with Crippen LogP contribution in [-0.4, -0.2) is 58.5 Å². The highest BCUT2D eigenvalue weighted by Gasteiger charge is 2.19. The molecule has 0 atom stereocenters. The summed E-state index contributed by atoms with van der Waals surface area (Å²) in [5.41, 5.74) is 2.34. The second-order valence-electron chi connectivity index (χ2n) is 6.61. The van der Waals surface area contributed by atoms with Crippen molar-refractivity contribution in [1.29, 1.82) is 0 Å². The standard InChI is InChI=1S/C20H24N2O6/c1-13-3-5-15(17(23)9-13)21(11-19(25)26)7-8-22(12-20(27)28)16-6-4-14(2)10-18(16)24/h3-6,9-10,23-24H,7-8,11-12H2,1-2H3,(H,25,26)(H,27,28).